The molecular weight excluding hydrogens is 532 g/mol. The number of carboxylic acids is 2. The summed E-state index contributed by atoms with van der Waals surface area (Å²) in [6.07, 6.45) is 6.97. The van der Waals surface area contributed by atoms with Gasteiger partial charge in [0.15, 0.2) is 0 Å². The molecule has 0 aromatic carbocycles. The Hall–Kier alpha value is -3.18. The molecule has 12 heteroatoms. The van der Waals surface area contributed by atoms with E-state index in [4.69, 9.17) is 0 Å². The Morgan fingerprint density at radius 3 is 1.83 bits per heavy atom. The first kappa shape index (κ1) is 34.0. The Kier molecular flexibility index (Phi) is 14.1. The van der Waals surface area contributed by atoms with E-state index in [1.807, 2.05) is 13.8 Å². The van der Waals surface area contributed by atoms with Crippen LogP contribution < -0.4 is 21.3 Å². The highest BCUT2D eigenvalue weighted by Gasteiger charge is 2.38. The lowest BCUT2D eigenvalue weighted by atomic mass is 9.78. The van der Waals surface area contributed by atoms with Gasteiger partial charge in [0.1, 0.15) is 18.1 Å². The number of likely N-dealkylation sites (N-methyl/N-ethyl adjacent to an activating group) is 1. The Labute approximate surface area is 242 Å². The molecular formula is C29H48N4O8. The number of aliphatic carboxylic acids is 2. The maximum Gasteiger partial charge on any atom is 0.307 e. The largest absolute Gasteiger partial charge is 0.481 e. The SMILES string of the molecule is CCNC(=O)C(CC(C)C)NC(=O)C(CC(=O)O)NC(=O)C(CC1CCCCC1)NC(=O)C1CCCCC1C(=O)O. The van der Waals surface area contributed by atoms with Gasteiger partial charge in [0.05, 0.1) is 18.3 Å². The van der Waals surface area contributed by atoms with E-state index in [-0.39, 0.29) is 11.8 Å². The van der Waals surface area contributed by atoms with Crippen LogP contribution in [0.4, 0.5) is 0 Å². The highest BCUT2D eigenvalue weighted by atomic mass is 16.4. The Balaban J connectivity index is 2.23. The van der Waals surface area contributed by atoms with Gasteiger partial charge in [-0.3, -0.25) is 28.8 Å². The normalized spacial score (nSPS) is 21.7. The van der Waals surface area contributed by atoms with E-state index < -0.39 is 71.9 Å². The van der Waals surface area contributed by atoms with Gasteiger partial charge in [-0.1, -0.05) is 58.8 Å². The number of carbonyl (C=O) groups excluding carboxylic acids is 4. The molecule has 0 saturated heterocycles. The summed E-state index contributed by atoms with van der Waals surface area (Å²) in [5, 5.41) is 29.6. The van der Waals surface area contributed by atoms with E-state index in [0.717, 1.165) is 32.1 Å². The van der Waals surface area contributed by atoms with Crippen LogP contribution in [0.2, 0.25) is 0 Å². The van der Waals surface area contributed by atoms with Gasteiger partial charge in [0, 0.05) is 6.54 Å². The van der Waals surface area contributed by atoms with Gasteiger partial charge in [-0.15, -0.1) is 0 Å². The monoisotopic (exact) mass is 580 g/mol. The molecule has 0 spiro atoms. The average Bonchev–Trinajstić information content (AvgIpc) is 2.92. The molecule has 0 heterocycles. The van der Waals surface area contributed by atoms with Crippen LogP contribution in [0, 0.1) is 23.7 Å². The maximum atomic E-state index is 13.6. The number of nitrogens with one attached hydrogen (secondary N) is 4. The number of hydrogen-bond donors (Lipinski definition) is 6. The minimum atomic E-state index is -1.48. The van der Waals surface area contributed by atoms with Gasteiger partial charge < -0.3 is 31.5 Å². The second kappa shape index (κ2) is 16.9. The molecule has 0 aromatic rings. The van der Waals surface area contributed by atoms with Crippen molar-refractivity contribution >= 4 is 35.6 Å². The summed E-state index contributed by atoms with van der Waals surface area (Å²) in [6, 6.07) is -3.44. The second-order valence-electron chi connectivity index (χ2n) is 11.9. The molecule has 0 bridgehead atoms. The zero-order chi connectivity index (χ0) is 30.5. The van der Waals surface area contributed by atoms with E-state index in [0.29, 0.717) is 45.1 Å². The van der Waals surface area contributed by atoms with Gasteiger partial charge in [-0.25, -0.2) is 0 Å². The minimum Gasteiger partial charge on any atom is -0.481 e. The number of amides is 4. The van der Waals surface area contributed by atoms with Gasteiger partial charge >= 0.3 is 11.9 Å². The fraction of sp³-hybridized carbons (Fsp3) is 0.793. The van der Waals surface area contributed by atoms with E-state index >= 15 is 0 Å². The summed E-state index contributed by atoms with van der Waals surface area (Å²) in [5.74, 6) is -6.18. The van der Waals surface area contributed by atoms with Crippen LogP contribution in [0.1, 0.15) is 97.8 Å². The molecule has 2 aliphatic rings. The molecule has 12 nitrogen and oxygen atoms in total. The van der Waals surface area contributed by atoms with Crippen molar-refractivity contribution in [1.82, 2.24) is 21.3 Å². The summed E-state index contributed by atoms with van der Waals surface area (Å²) in [6.45, 7) is 5.86. The van der Waals surface area contributed by atoms with Crippen LogP contribution in [-0.4, -0.2) is 70.5 Å². The van der Waals surface area contributed by atoms with Crippen molar-refractivity contribution in [3.05, 3.63) is 0 Å². The van der Waals surface area contributed by atoms with Crippen molar-refractivity contribution in [2.75, 3.05) is 6.54 Å². The van der Waals surface area contributed by atoms with E-state index in [1.54, 1.807) is 6.92 Å². The van der Waals surface area contributed by atoms with Gasteiger partial charge in [-0.05, 0) is 44.4 Å². The number of hydrogen-bond acceptors (Lipinski definition) is 6. The fourth-order valence-electron chi connectivity index (χ4n) is 5.94. The van der Waals surface area contributed by atoms with E-state index in [1.165, 1.54) is 0 Å². The topological polar surface area (TPSA) is 191 Å². The summed E-state index contributed by atoms with van der Waals surface area (Å²) in [5.41, 5.74) is 0. The Morgan fingerprint density at radius 1 is 0.707 bits per heavy atom. The quantitative estimate of drug-likeness (QED) is 0.169. The van der Waals surface area contributed by atoms with E-state index in [2.05, 4.69) is 21.3 Å². The lowest BCUT2D eigenvalue weighted by molar-refractivity contribution is -0.149. The molecule has 2 aliphatic carbocycles. The van der Waals surface area contributed by atoms with Crippen LogP contribution in [0.5, 0.6) is 0 Å². The van der Waals surface area contributed by atoms with Crippen molar-refractivity contribution in [2.45, 2.75) is 116 Å². The zero-order valence-corrected chi connectivity index (χ0v) is 24.6. The lowest BCUT2D eigenvalue weighted by Crippen LogP contribution is -2.58. The highest BCUT2D eigenvalue weighted by Crippen LogP contribution is 2.31. The predicted octanol–water partition coefficient (Wildman–Crippen LogP) is 1.96. The third-order valence-corrected chi connectivity index (χ3v) is 8.05. The Morgan fingerprint density at radius 2 is 1.27 bits per heavy atom. The average molecular weight is 581 g/mol. The van der Waals surface area contributed by atoms with Crippen LogP contribution in [0.25, 0.3) is 0 Å². The van der Waals surface area contributed by atoms with Crippen molar-refractivity contribution < 1.29 is 39.0 Å². The smallest absolute Gasteiger partial charge is 0.307 e. The van der Waals surface area contributed by atoms with Crippen LogP contribution >= 0.6 is 0 Å². The molecule has 5 atom stereocenters. The molecule has 2 rings (SSSR count). The van der Waals surface area contributed by atoms with Crippen molar-refractivity contribution in [3.8, 4) is 0 Å². The van der Waals surface area contributed by atoms with Crippen LogP contribution in [-0.2, 0) is 28.8 Å². The third kappa shape index (κ3) is 11.3. The number of carboxylic acid groups (broad SMARTS) is 2. The molecule has 5 unspecified atom stereocenters. The predicted molar refractivity (Wildman–Crippen MR) is 150 cm³/mol. The standard InChI is InChI=1S/C29H48N4O8/c1-4-30-26(37)21(14-17(2)3)32-28(39)23(16-24(34)35)33-27(38)22(15-18-10-6-5-7-11-18)31-25(36)19-12-8-9-13-20(19)29(40)41/h17-23H,4-16H2,1-3H3,(H,30,37)(H,31,36)(H,32,39)(H,33,38)(H,34,35)(H,40,41). The summed E-state index contributed by atoms with van der Waals surface area (Å²) < 4.78 is 0. The van der Waals surface area contributed by atoms with Crippen molar-refractivity contribution in [1.29, 1.82) is 0 Å². The molecule has 41 heavy (non-hydrogen) atoms. The van der Waals surface area contributed by atoms with Crippen molar-refractivity contribution in [3.63, 3.8) is 0 Å². The summed E-state index contributed by atoms with van der Waals surface area (Å²) in [4.78, 5) is 76.0. The van der Waals surface area contributed by atoms with Crippen LogP contribution in [0.3, 0.4) is 0 Å². The van der Waals surface area contributed by atoms with Gasteiger partial charge in [0.25, 0.3) is 0 Å². The van der Waals surface area contributed by atoms with Gasteiger partial charge in [0.2, 0.25) is 23.6 Å². The zero-order valence-electron chi connectivity index (χ0n) is 24.6. The van der Waals surface area contributed by atoms with Gasteiger partial charge in [-0.2, -0.15) is 0 Å². The second-order valence-corrected chi connectivity index (χ2v) is 11.9. The minimum absolute atomic E-state index is 0.0555. The molecule has 0 aliphatic heterocycles. The number of rotatable bonds is 15. The summed E-state index contributed by atoms with van der Waals surface area (Å²) >= 11 is 0. The first-order chi connectivity index (χ1) is 19.4. The Bertz CT molecular complexity index is 934. The molecule has 0 radical (unpaired) electrons. The molecule has 2 fully saturated rings. The first-order valence-electron chi connectivity index (χ1n) is 15.1. The summed E-state index contributed by atoms with van der Waals surface area (Å²) in [7, 11) is 0. The maximum absolute atomic E-state index is 13.6. The lowest BCUT2D eigenvalue weighted by Gasteiger charge is -2.31. The molecule has 0 aromatic heterocycles. The van der Waals surface area contributed by atoms with Crippen LogP contribution in [0.15, 0.2) is 0 Å². The highest BCUT2D eigenvalue weighted by molar-refractivity contribution is 5.96. The number of carbonyl (C=O) groups is 6. The van der Waals surface area contributed by atoms with Crippen molar-refractivity contribution in [2.24, 2.45) is 23.7 Å². The molecule has 232 valence electrons. The molecule has 4 amide bonds. The fourth-order valence-corrected chi connectivity index (χ4v) is 5.94. The third-order valence-electron chi connectivity index (χ3n) is 8.05. The molecule has 2 saturated carbocycles. The first-order valence-corrected chi connectivity index (χ1v) is 15.1. The van der Waals surface area contributed by atoms with E-state index in [9.17, 15) is 39.0 Å². The molecule has 6 N–H and O–H groups in total.